The zero-order valence-electron chi connectivity index (χ0n) is 24.7. The first kappa shape index (κ1) is 29.6. The molecular weight excluding hydrogens is 518 g/mol. The average Bonchev–Trinajstić information content (AvgIpc) is 3.37. The van der Waals surface area contributed by atoms with E-state index in [-0.39, 0.29) is 18.4 Å². The molecule has 0 aliphatic heterocycles. The second kappa shape index (κ2) is 12.8. The number of para-hydroxylation sites is 2. The summed E-state index contributed by atoms with van der Waals surface area (Å²) in [4.78, 5) is 30.1. The fourth-order valence-corrected chi connectivity index (χ4v) is 4.85. The molecule has 2 amide bonds. The lowest BCUT2D eigenvalue weighted by Gasteiger charge is -2.35. The smallest absolute Gasteiger partial charge is 0.248 e. The quantitative estimate of drug-likeness (QED) is 0.267. The predicted octanol–water partition coefficient (Wildman–Crippen LogP) is 4.87. The van der Waals surface area contributed by atoms with Gasteiger partial charge in [0.2, 0.25) is 11.8 Å². The lowest BCUT2D eigenvalue weighted by molar-refractivity contribution is -0.142. The number of ether oxygens (including phenoxy) is 2. The number of hydrogen-bond acceptors (Lipinski definition) is 6. The highest BCUT2D eigenvalue weighted by atomic mass is 16.5. The van der Waals surface area contributed by atoms with Crippen molar-refractivity contribution in [3.8, 4) is 11.5 Å². The molecule has 1 N–H and O–H groups in total. The van der Waals surface area contributed by atoms with Gasteiger partial charge in [0.1, 0.15) is 18.1 Å². The molecule has 216 valence electrons. The van der Waals surface area contributed by atoms with Gasteiger partial charge in [-0.1, -0.05) is 60.7 Å². The van der Waals surface area contributed by atoms with E-state index in [4.69, 9.17) is 9.47 Å². The second-order valence-corrected chi connectivity index (χ2v) is 10.7. The Hall–Kier alpha value is -4.40. The topological polar surface area (TPSA) is 98.6 Å². The third-order valence-electron chi connectivity index (χ3n) is 7.54. The third-order valence-corrected chi connectivity index (χ3v) is 7.54. The molecule has 41 heavy (non-hydrogen) atoms. The zero-order valence-corrected chi connectivity index (χ0v) is 24.7. The van der Waals surface area contributed by atoms with Crippen LogP contribution in [0.15, 0.2) is 66.7 Å². The van der Waals surface area contributed by atoms with Gasteiger partial charge in [0, 0.05) is 17.6 Å². The molecule has 1 unspecified atom stereocenters. The maximum atomic E-state index is 14.3. The molecule has 4 rings (SSSR count). The standard InChI is InChI=1S/C32H39N5O4/c1-7-32(3,4)33-31(39)29(24-15-12-18-27(40-5)30(24)41-6)36(20-19-23-14-9-8-13-22(23)2)28(38)21-37-26-17-11-10-16-25(26)34-35-37/h8-18,29H,7,19-21H2,1-6H3,(H,33,39). The van der Waals surface area contributed by atoms with Crippen LogP contribution in [0.5, 0.6) is 11.5 Å². The molecule has 9 nitrogen and oxygen atoms in total. The van der Waals surface area contributed by atoms with Crippen LogP contribution in [-0.4, -0.2) is 58.0 Å². The minimum absolute atomic E-state index is 0.0818. The van der Waals surface area contributed by atoms with Crippen molar-refractivity contribution in [2.75, 3.05) is 20.8 Å². The first-order valence-corrected chi connectivity index (χ1v) is 13.8. The van der Waals surface area contributed by atoms with Crippen LogP contribution in [0.2, 0.25) is 0 Å². The summed E-state index contributed by atoms with van der Waals surface area (Å²) in [5.41, 5.74) is 3.70. The van der Waals surface area contributed by atoms with E-state index in [0.29, 0.717) is 42.0 Å². The van der Waals surface area contributed by atoms with E-state index in [2.05, 4.69) is 15.6 Å². The highest BCUT2D eigenvalue weighted by molar-refractivity contribution is 5.90. The summed E-state index contributed by atoms with van der Waals surface area (Å²) in [7, 11) is 3.08. The van der Waals surface area contributed by atoms with Gasteiger partial charge < -0.3 is 19.7 Å². The van der Waals surface area contributed by atoms with E-state index in [1.807, 2.05) is 82.3 Å². The minimum Gasteiger partial charge on any atom is -0.493 e. The number of aryl methyl sites for hydroxylation is 1. The Kier molecular flexibility index (Phi) is 9.27. The maximum Gasteiger partial charge on any atom is 0.248 e. The van der Waals surface area contributed by atoms with Gasteiger partial charge in [0.25, 0.3) is 0 Å². The minimum atomic E-state index is -0.989. The van der Waals surface area contributed by atoms with Gasteiger partial charge in [-0.05, 0) is 62.9 Å². The van der Waals surface area contributed by atoms with E-state index >= 15 is 0 Å². The summed E-state index contributed by atoms with van der Waals surface area (Å²) in [6, 6.07) is 19.9. The van der Waals surface area contributed by atoms with Gasteiger partial charge in [-0.2, -0.15) is 0 Å². The molecule has 0 aliphatic carbocycles. The number of aromatic nitrogens is 3. The number of nitrogens with one attached hydrogen (secondary N) is 1. The van der Waals surface area contributed by atoms with Crippen molar-refractivity contribution < 1.29 is 19.1 Å². The Morgan fingerprint density at radius 2 is 1.73 bits per heavy atom. The van der Waals surface area contributed by atoms with Crippen molar-refractivity contribution in [1.29, 1.82) is 0 Å². The molecule has 0 saturated carbocycles. The Labute approximate surface area is 241 Å². The van der Waals surface area contributed by atoms with Crippen molar-refractivity contribution in [3.05, 3.63) is 83.4 Å². The maximum absolute atomic E-state index is 14.3. The Morgan fingerprint density at radius 3 is 2.44 bits per heavy atom. The first-order chi connectivity index (χ1) is 19.7. The van der Waals surface area contributed by atoms with E-state index in [0.717, 1.165) is 16.6 Å². The van der Waals surface area contributed by atoms with Crippen LogP contribution in [-0.2, 0) is 22.6 Å². The van der Waals surface area contributed by atoms with Crippen LogP contribution in [0.3, 0.4) is 0 Å². The molecule has 0 spiro atoms. The van der Waals surface area contributed by atoms with Crippen LogP contribution in [0, 0.1) is 6.92 Å². The van der Waals surface area contributed by atoms with E-state index in [1.165, 1.54) is 7.11 Å². The average molecular weight is 558 g/mol. The zero-order chi connectivity index (χ0) is 29.6. The fourth-order valence-electron chi connectivity index (χ4n) is 4.85. The van der Waals surface area contributed by atoms with Crippen LogP contribution in [0.4, 0.5) is 0 Å². The highest BCUT2D eigenvalue weighted by Gasteiger charge is 2.36. The molecular formula is C32H39N5O4. The fraction of sp³-hybridized carbons (Fsp3) is 0.375. The molecule has 9 heteroatoms. The number of amides is 2. The number of carbonyl (C=O) groups is 2. The number of fused-ring (bicyclic) bond motifs is 1. The number of rotatable bonds is 12. The van der Waals surface area contributed by atoms with Crippen LogP contribution >= 0.6 is 0 Å². The van der Waals surface area contributed by atoms with Crippen LogP contribution in [0.25, 0.3) is 11.0 Å². The first-order valence-electron chi connectivity index (χ1n) is 13.8. The summed E-state index contributed by atoms with van der Waals surface area (Å²) in [5, 5.41) is 11.6. The van der Waals surface area contributed by atoms with Gasteiger partial charge in [-0.15, -0.1) is 5.10 Å². The Balaban J connectivity index is 1.82. The molecule has 1 atom stereocenters. The second-order valence-electron chi connectivity index (χ2n) is 10.7. The van der Waals surface area contributed by atoms with Crippen LogP contribution in [0.1, 0.15) is 49.9 Å². The SMILES string of the molecule is CCC(C)(C)NC(=O)C(c1cccc(OC)c1OC)N(CCc1ccccc1C)C(=O)Cn1nnc2ccccc21. The number of benzene rings is 3. The largest absolute Gasteiger partial charge is 0.493 e. The van der Waals surface area contributed by atoms with Crippen molar-refractivity contribution in [1.82, 2.24) is 25.2 Å². The number of methoxy groups -OCH3 is 2. The summed E-state index contributed by atoms with van der Waals surface area (Å²) >= 11 is 0. The summed E-state index contributed by atoms with van der Waals surface area (Å²) in [5.74, 6) is 0.314. The summed E-state index contributed by atoms with van der Waals surface area (Å²) in [6.45, 7) is 8.20. The van der Waals surface area contributed by atoms with Gasteiger partial charge >= 0.3 is 0 Å². The summed E-state index contributed by atoms with van der Waals surface area (Å²) in [6.07, 6.45) is 1.27. The molecule has 0 radical (unpaired) electrons. The van der Waals surface area contributed by atoms with Gasteiger partial charge in [0.05, 0.1) is 19.7 Å². The number of nitrogens with zero attached hydrogens (tertiary/aromatic N) is 4. The molecule has 4 aromatic rings. The van der Waals surface area contributed by atoms with Gasteiger partial charge in [0.15, 0.2) is 11.5 Å². The summed E-state index contributed by atoms with van der Waals surface area (Å²) < 4.78 is 12.9. The van der Waals surface area contributed by atoms with Crippen LogP contribution < -0.4 is 14.8 Å². The molecule has 0 saturated heterocycles. The molecule has 0 aliphatic rings. The molecule has 1 heterocycles. The normalized spacial score (nSPS) is 12.1. The number of hydrogen-bond donors (Lipinski definition) is 1. The van der Waals surface area contributed by atoms with Crippen molar-refractivity contribution in [2.45, 2.75) is 58.7 Å². The Morgan fingerprint density at radius 1 is 1.00 bits per heavy atom. The molecule has 0 fully saturated rings. The van der Waals surface area contributed by atoms with E-state index in [1.54, 1.807) is 28.8 Å². The Bertz CT molecular complexity index is 1510. The van der Waals surface area contributed by atoms with Crippen molar-refractivity contribution in [3.63, 3.8) is 0 Å². The highest BCUT2D eigenvalue weighted by Crippen LogP contribution is 2.38. The van der Waals surface area contributed by atoms with Gasteiger partial charge in [-0.25, -0.2) is 4.68 Å². The van der Waals surface area contributed by atoms with Crippen molar-refractivity contribution in [2.24, 2.45) is 0 Å². The molecule has 3 aromatic carbocycles. The third kappa shape index (κ3) is 6.67. The van der Waals surface area contributed by atoms with Crippen molar-refractivity contribution >= 4 is 22.8 Å². The molecule has 0 bridgehead atoms. The lowest BCUT2D eigenvalue weighted by Crippen LogP contribution is -2.51. The number of carbonyl (C=O) groups excluding carboxylic acids is 2. The van der Waals surface area contributed by atoms with E-state index < -0.39 is 11.6 Å². The molecule has 1 aromatic heterocycles. The predicted molar refractivity (Wildman–Crippen MR) is 159 cm³/mol. The van der Waals surface area contributed by atoms with Gasteiger partial charge in [-0.3, -0.25) is 9.59 Å². The monoisotopic (exact) mass is 557 g/mol. The van der Waals surface area contributed by atoms with E-state index in [9.17, 15) is 9.59 Å². The lowest BCUT2D eigenvalue weighted by atomic mass is 9.97.